The summed E-state index contributed by atoms with van der Waals surface area (Å²) in [5, 5.41) is 2.89. The van der Waals surface area contributed by atoms with Crippen LogP contribution in [-0.4, -0.2) is 60.4 Å². The molecule has 2 aliphatic heterocycles. The molecule has 0 aliphatic carbocycles. The molecule has 5 heteroatoms. The molecule has 2 fully saturated rings. The molecule has 3 rings (SSSR count). The van der Waals surface area contributed by atoms with Gasteiger partial charge in [0.2, 0.25) is 11.8 Å². The lowest BCUT2D eigenvalue weighted by molar-refractivity contribution is -0.138. The predicted octanol–water partition coefficient (Wildman–Crippen LogP) is 1.51. The number of likely N-dealkylation sites (tertiary alicyclic amines) is 1. The van der Waals surface area contributed by atoms with Crippen molar-refractivity contribution < 1.29 is 9.59 Å². The first kappa shape index (κ1) is 16.7. The van der Waals surface area contributed by atoms with E-state index in [2.05, 4.69) is 22.4 Å². The fraction of sp³-hybridized carbons (Fsp3) is 0.474. The van der Waals surface area contributed by atoms with Crippen molar-refractivity contribution in [3.8, 4) is 0 Å². The van der Waals surface area contributed by atoms with E-state index < -0.39 is 0 Å². The Morgan fingerprint density at radius 2 is 1.92 bits per heavy atom. The first-order valence-electron chi connectivity index (χ1n) is 8.75. The molecule has 1 aromatic rings. The molecule has 24 heavy (non-hydrogen) atoms. The zero-order chi connectivity index (χ0) is 16.8. The molecule has 1 atom stereocenters. The Labute approximate surface area is 143 Å². The number of piperazine rings is 1. The molecule has 0 aromatic heterocycles. The number of carbonyl (C=O) groups excluding carboxylic acids is 2. The van der Waals surface area contributed by atoms with Crippen LogP contribution in [0, 0.1) is 0 Å². The van der Waals surface area contributed by atoms with Crippen LogP contribution in [0.5, 0.6) is 0 Å². The number of nitrogens with one attached hydrogen (secondary N) is 1. The number of nitrogens with zero attached hydrogens (tertiary/aromatic N) is 2. The van der Waals surface area contributed by atoms with E-state index in [1.807, 2.05) is 35.2 Å². The zero-order valence-electron chi connectivity index (χ0n) is 14.0. The van der Waals surface area contributed by atoms with E-state index in [1.165, 1.54) is 0 Å². The van der Waals surface area contributed by atoms with Crippen LogP contribution in [0.25, 0.3) is 6.08 Å². The maximum absolute atomic E-state index is 12.4. The Bertz CT molecular complexity index is 594. The molecular weight excluding hydrogens is 302 g/mol. The van der Waals surface area contributed by atoms with Crippen molar-refractivity contribution in [1.82, 2.24) is 15.1 Å². The van der Waals surface area contributed by atoms with Crippen molar-refractivity contribution >= 4 is 17.9 Å². The van der Waals surface area contributed by atoms with Crippen molar-refractivity contribution in [2.45, 2.75) is 25.3 Å². The first-order chi connectivity index (χ1) is 11.7. The Kier molecular flexibility index (Phi) is 5.64. The van der Waals surface area contributed by atoms with Crippen molar-refractivity contribution in [3.63, 3.8) is 0 Å². The monoisotopic (exact) mass is 327 g/mol. The molecule has 1 aromatic carbocycles. The van der Waals surface area contributed by atoms with E-state index in [4.69, 9.17) is 0 Å². The van der Waals surface area contributed by atoms with Gasteiger partial charge in [-0.1, -0.05) is 42.5 Å². The Hall–Kier alpha value is -2.14. The summed E-state index contributed by atoms with van der Waals surface area (Å²) in [5.41, 5.74) is 1.14. The minimum atomic E-state index is -0.354. The SMILES string of the molecule is O=C1NCCN(C/C=C/c2ccccc2)[C@H]1CC(=O)N1CCCC1. The largest absolute Gasteiger partial charge is 0.353 e. The smallest absolute Gasteiger partial charge is 0.237 e. The Morgan fingerprint density at radius 1 is 1.17 bits per heavy atom. The highest BCUT2D eigenvalue weighted by molar-refractivity contribution is 5.89. The Morgan fingerprint density at radius 3 is 2.67 bits per heavy atom. The lowest BCUT2D eigenvalue weighted by Gasteiger charge is -2.34. The van der Waals surface area contributed by atoms with Crippen LogP contribution in [-0.2, 0) is 9.59 Å². The standard InChI is InChI=1S/C19H25N3O2/c23-18(22-11-4-5-12-22)15-17-19(24)20-10-14-21(17)13-6-9-16-7-2-1-3-8-16/h1-3,6-9,17H,4-5,10-15H2,(H,20,24)/b9-6+/t17-/m0/s1. The van der Waals surface area contributed by atoms with Gasteiger partial charge in [0, 0.05) is 32.7 Å². The summed E-state index contributed by atoms with van der Waals surface area (Å²) in [6.45, 7) is 3.78. The summed E-state index contributed by atoms with van der Waals surface area (Å²) < 4.78 is 0. The zero-order valence-corrected chi connectivity index (χ0v) is 14.0. The molecule has 128 valence electrons. The molecule has 2 saturated heterocycles. The van der Waals surface area contributed by atoms with E-state index in [-0.39, 0.29) is 24.3 Å². The van der Waals surface area contributed by atoms with Crippen LogP contribution in [0.1, 0.15) is 24.8 Å². The summed E-state index contributed by atoms with van der Waals surface area (Å²) >= 11 is 0. The summed E-state index contributed by atoms with van der Waals surface area (Å²) in [6, 6.07) is 9.75. The maximum atomic E-state index is 12.4. The number of hydrogen-bond acceptors (Lipinski definition) is 3. The van der Waals surface area contributed by atoms with Gasteiger partial charge in [-0.25, -0.2) is 0 Å². The fourth-order valence-corrected chi connectivity index (χ4v) is 3.35. The van der Waals surface area contributed by atoms with Crippen LogP contribution in [0.3, 0.4) is 0 Å². The predicted molar refractivity (Wildman–Crippen MR) is 94.3 cm³/mol. The van der Waals surface area contributed by atoms with Gasteiger partial charge < -0.3 is 10.2 Å². The van der Waals surface area contributed by atoms with Gasteiger partial charge in [-0.15, -0.1) is 0 Å². The van der Waals surface area contributed by atoms with Crippen molar-refractivity contribution in [2.24, 2.45) is 0 Å². The maximum Gasteiger partial charge on any atom is 0.237 e. The molecule has 0 unspecified atom stereocenters. The van der Waals surface area contributed by atoms with Gasteiger partial charge in [-0.3, -0.25) is 14.5 Å². The van der Waals surface area contributed by atoms with Gasteiger partial charge in [0.15, 0.2) is 0 Å². The molecule has 5 nitrogen and oxygen atoms in total. The lowest BCUT2D eigenvalue weighted by atomic mass is 10.1. The van der Waals surface area contributed by atoms with E-state index in [0.29, 0.717) is 13.1 Å². The number of hydrogen-bond donors (Lipinski definition) is 1. The van der Waals surface area contributed by atoms with Crippen LogP contribution in [0.4, 0.5) is 0 Å². The molecule has 0 spiro atoms. The molecule has 2 heterocycles. The average Bonchev–Trinajstić information content (AvgIpc) is 3.13. The summed E-state index contributed by atoms with van der Waals surface area (Å²) in [7, 11) is 0. The fourth-order valence-electron chi connectivity index (χ4n) is 3.35. The van der Waals surface area contributed by atoms with Crippen LogP contribution in [0.2, 0.25) is 0 Å². The van der Waals surface area contributed by atoms with E-state index in [0.717, 1.165) is 38.0 Å². The van der Waals surface area contributed by atoms with Gasteiger partial charge in [-0.2, -0.15) is 0 Å². The van der Waals surface area contributed by atoms with Gasteiger partial charge in [0.05, 0.1) is 12.5 Å². The van der Waals surface area contributed by atoms with E-state index in [9.17, 15) is 9.59 Å². The van der Waals surface area contributed by atoms with Crippen molar-refractivity contribution in [1.29, 1.82) is 0 Å². The molecule has 2 amide bonds. The number of benzene rings is 1. The molecule has 2 aliphatic rings. The second-order valence-corrected chi connectivity index (χ2v) is 6.41. The van der Waals surface area contributed by atoms with Crippen LogP contribution >= 0.6 is 0 Å². The second-order valence-electron chi connectivity index (χ2n) is 6.41. The number of rotatable bonds is 5. The molecular formula is C19H25N3O2. The van der Waals surface area contributed by atoms with Crippen LogP contribution < -0.4 is 5.32 Å². The molecule has 0 radical (unpaired) electrons. The van der Waals surface area contributed by atoms with Crippen molar-refractivity contribution in [3.05, 3.63) is 42.0 Å². The quantitative estimate of drug-likeness (QED) is 0.892. The normalized spacial score (nSPS) is 22.1. The summed E-state index contributed by atoms with van der Waals surface area (Å²) in [4.78, 5) is 28.6. The minimum Gasteiger partial charge on any atom is -0.353 e. The summed E-state index contributed by atoms with van der Waals surface area (Å²) in [6.07, 6.45) is 6.57. The third kappa shape index (κ3) is 4.23. The molecule has 0 saturated carbocycles. The highest BCUT2D eigenvalue weighted by Gasteiger charge is 2.32. The van der Waals surface area contributed by atoms with Gasteiger partial charge in [-0.05, 0) is 18.4 Å². The van der Waals surface area contributed by atoms with Gasteiger partial charge >= 0.3 is 0 Å². The lowest BCUT2D eigenvalue weighted by Crippen LogP contribution is -2.56. The summed E-state index contributed by atoms with van der Waals surface area (Å²) in [5.74, 6) is 0.0773. The van der Waals surface area contributed by atoms with Crippen LogP contribution in [0.15, 0.2) is 36.4 Å². The molecule has 1 N–H and O–H groups in total. The number of amides is 2. The third-order valence-electron chi connectivity index (χ3n) is 4.72. The highest BCUT2D eigenvalue weighted by Crippen LogP contribution is 2.15. The minimum absolute atomic E-state index is 0.0260. The van der Waals surface area contributed by atoms with Crippen molar-refractivity contribution in [2.75, 3.05) is 32.7 Å². The second kappa shape index (κ2) is 8.11. The topological polar surface area (TPSA) is 52.7 Å². The van der Waals surface area contributed by atoms with E-state index in [1.54, 1.807) is 0 Å². The van der Waals surface area contributed by atoms with Gasteiger partial charge in [0.25, 0.3) is 0 Å². The number of carbonyl (C=O) groups is 2. The highest BCUT2D eigenvalue weighted by atomic mass is 16.2. The molecule has 0 bridgehead atoms. The Balaban J connectivity index is 1.60. The third-order valence-corrected chi connectivity index (χ3v) is 4.72. The van der Waals surface area contributed by atoms with Gasteiger partial charge in [0.1, 0.15) is 0 Å². The average molecular weight is 327 g/mol. The van der Waals surface area contributed by atoms with E-state index >= 15 is 0 Å². The first-order valence-corrected chi connectivity index (χ1v) is 8.75.